The maximum atomic E-state index is 11.8. The number of aliphatic carboxylic acids is 4. The van der Waals surface area contributed by atoms with Gasteiger partial charge in [-0.05, 0) is 38.9 Å². The third-order valence-corrected chi connectivity index (χ3v) is 7.92. The van der Waals surface area contributed by atoms with Crippen LogP contribution in [-0.2, 0) is 19.2 Å². The summed E-state index contributed by atoms with van der Waals surface area (Å²) in [5, 5.41) is 60.4. The van der Waals surface area contributed by atoms with E-state index in [1.54, 1.807) is 4.90 Å². The highest BCUT2D eigenvalue weighted by atomic mass is 16.4. The molecule has 0 amide bonds. The van der Waals surface area contributed by atoms with E-state index in [0.717, 1.165) is 77.0 Å². The van der Waals surface area contributed by atoms with Crippen molar-refractivity contribution in [3.05, 3.63) is 0 Å². The number of unbranched alkanes of at least 4 members (excludes halogenated alkanes) is 11. The first-order valence-electron chi connectivity index (χ1n) is 16.9. The molecule has 264 valence electrons. The number of carboxylic acids is 4. The molecule has 0 aromatic rings. The van der Waals surface area contributed by atoms with Crippen LogP contribution in [0.15, 0.2) is 0 Å². The summed E-state index contributed by atoms with van der Waals surface area (Å²) in [7, 11) is 0. The molecule has 0 aliphatic carbocycles. The SMILES string of the molecule is CCCCCCCCN(CC(O)CN(CCCC)CC(O)CN(CCCCCCCC)C(C(=O)O)C(=O)O)C(C(=O)O)C(=O)O. The Kier molecular flexibility index (Phi) is 24.5. The highest BCUT2D eigenvalue weighted by Crippen LogP contribution is 2.13. The van der Waals surface area contributed by atoms with Gasteiger partial charge in [-0.1, -0.05) is 91.4 Å². The summed E-state index contributed by atoms with van der Waals surface area (Å²) in [6.45, 7) is 6.71. The van der Waals surface area contributed by atoms with Crippen LogP contribution in [0.3, 0.4) is 0 Å². The molecule has 0 radical (unpaired) electrons. The number of aliphatic hydroxyl groups excluding tert-OH is 2. The van der Waals surface area contributed by atoms with Gasteiger partial charge in [0.15, 0.2) is 0 Å². The molecular weight excluding hydrogens is 586 g/mol. The van der Waals surface area contributed by atoms with Crippen molar-refractivity contribution in [2.45, 2.75) is 135 Å². The Morgan fingerprint density at radius 3 is 1.07 bits per heavy atom. The summed E-state index contributed by atoms with van der Waals surface area (Å²) in [6, 6.07) is -3.60. The van der Waals surface area contributed by atoms with Gasteiger partial charge in [-0.3, -0.25) is 14.7 Å². The lowest BCUT2D eigenvalue weighted by Gasteiger charge is -2.33. The molecule has 0 spiro atoms. The van der Waals surface area contributed by atoms with Crippen LogP contribution in [-0.4, -0.2) is 139 Å². The summed E-state index contributed by atoms with van der Waals surface area (Å²) in [4.78, 5) is 51.5. The third-order valence-electron chi connectivity index (χ3n) is 7.92. The van der Waals surface area contributed by atoms with Gasteiger partial charge in [0.2, 0.25) is 12.1 Å². The van der Waals surface area contributed by atoms with Crippen molar-refractivity contribution in [1.82, 2.24) is 14.7 Å². The molecule has 13 nitrogen and oxygen atoms in total. The van der Waals surface area contributed by atoms with Crippen molar-refractivity contribution in [3.63, 3.8) is 0 Å². The summed E-state index contributed by atoms with van der Waals surface area (Å²) in [5.74, 6) is -6.02. The molecule has 13 heteroatoms. The van der Waals surface area contributed by atoms with E-state index in [2.05, 4.69) is 13.8 Å². The van der Waals surface area contributed by atoms with Gasteiger partial charge < -0.3 is 30.6 Å². The van der Waals surface area contributed by atoms with Crippen LogP contribution in [0.2, 0.25) is 0 Å². The van der Waals surface area contributed by atoms with Crippen molar-refractivity contribution < 1.29 is 49.8 Å². The molecule has 0 aromatic heterocycles. The van der Waals surface area contributed by atoms with Crippen LogP contribution < -0.4 is 0 Å². The van der Waals surface area contributed by atoms with Crippen LogP contribution in [0, 0.1) is 0 Å². The molecule has 2 unspecified atom stereocenters. The van der Waals surface area contributed by atoms with Crippen LogP contribution >= 0.6 is 0 Å². The van der Waals surface area contributed by atoms with E-state index >= 15 is 0 Å². The Balaban J connectivity index is 5.53. The monoisotopic (exact) mass is 647 g/mol. The standard InChI is InChI=1S/C32H61N3O10/c1-4-7-10-12-14-16-19-34(27(29(38)39)30(40)41)23-25(36)21-33(18-9-6-3)22-26(37)24-35(28(31(42)43)32(44)45)20-17-15-13-11-8-5-2/h25-28,36-37H,4-24H2,1-3H3,(H,38,39)(H,40,41)(H,42,43)(H,44,45). The van der Waals surface area contributed by atoms with Gasteiger partial charge in [-0.15, -0.1) is 0 Å². The van der Waals surface area contributed by atoms with E-state index < -0.39 is 48.2 Å². The second-order valence-corrected chi connectivity index (χ2v) is 12.1. The van der Waals surface area contributed by atoms with Gasteiger partial charge in [0, 0.05) is 26.2 Å². The van der Waals surface area contributed by atoms with Gasteiger partial charge in [0.05, 0.1) is 12.2 Å². The quantitative estimate of drug-likeness (QED) is 0.0474. The first-order valence-corrected chi connectivity index (χ1v) is 16.9. The molecule has 0 aromatic carbocycles. The van der Waals surface area contributed by atoms with Crippen LogP contribution in [0.1, 0.15) is 111 Å². The smallest absolute Gasteiger partial charge is 0.332 e. The van der Waals surface area contributed by atoms with Gasteiger partial charge in [-0.2, -0.15) is 0 Å². The van der Waals surface area contributed by atoms with E-state index in [0.29, 0.717) is 19.4 Å². The van der Waals surface area contributed by atoms with Gasteiger partial charge in [-0.25, -0.2) is 19.2 Å². The van der Waals surface area contributed by atoms with Crippen molar-refractivity contribution in [2.24, 2.45) is 0 Å². The first kappa shape index (κ1) is 42.7. The van der Waals surface area contributed by atoms with Gasteiger partial charge >= 0.3 is 23.9 Å². The minimum Gasteiger partial charge on any atom is -0.480 e. The Morgan fingerprint density at radius 2 is 0.756 bits per heavy atom. The van der Waals surface area contributed by atoms with Crippen LogP contribution in [0.4, 0.5) is 0 Å². The lowest BCUT2D eigenvalue weighted by Crippen LogP contribution is -2.53. The molecule has 6 N–H and O–H groups in total. The average molecular weight is 648 g/mol. The number of nitrogens with zero attached hydrogens (tertiary/aromatic N) is 3. The molecule has 0 aliphatic rings. The molecular formula is C32H61N3O10. The minimum absolute atomic E-state index is 0.0226. The van der Waals surface area contributed by atoms with E-state index in [1.165, 1.54) is 9.80 Å². The highest BCUT2D eigenvalue weighted by Gasteiger charge is 2.35. The molecule has 0 fully saturated rings. The summed E-state index contributed by atoms with van der Waals surface area (Å²) in [6.07, 6.45) is 10.5. The molecule has 0 bridgehead atoms. The van der Waals surface area contributed by atoms with Crippen molar-refractivity contribution in [3.8, 4) is 0 Å². The number of hydrogen-bond donors (Lipinski definition) is 6. The molecule has 0 saturated heterocycles. The minimum atomic E-state index is -1.80. The Hall–Kier alpha value is -2.32. The number of carbonyl (C=O) groups is 4. The second-order valence-electron chi connectivity index (χ2n) is 12.1. The Morgan fingerprint density at radius 1 is 0.444 bits per heavy atom. The molecule has 0 saturated carbocycles. The van der Waals surface area contributed by atoms with E-state index in [-0.39, 0.29) is 39.3 Å². The molecule has 0 heterocycles. The molecule has 2 atom stereocenters. The van der Waals surface area contributed by atoms with E-state index in [4.69, 9.17) is 0 Å². The van der Waals surface area contributed by atoms with Crippen LogP contribution in [0.25, 0.3) is 0 Å². The second kappa shape index (κ2) is 25.8. The fourth-order valence-corrected chi connectivity index (χ4v) is 5.57. The zero-order valence-corrected chi connectivity index (χ0v) is 27.8. The average Bonchev–Trinajstić information content (AvgIpc) is 2.94. The maximum absolute atomic E-state index is 11.8. The summed E-state index contributed by atoms with van der Waals surface area (Å²) >= 11 is 0. The summed E-state index contributed by atoms with van der Waals surface area (Å²) in [5.41, 5.74) is 0. The molecule has 0 rings (SSSR count). The summed E-state index contributed by atoms with van der Waals surface area (Å²) < 4.78 is 0. The van der Waals surface area contributed by atoms with Crippen molar-refractivity contribution >= 4 is 23.9 Å². The lowest BCUT2D eigenvalue weighted by molar-refractivity contribution is -0.159. The third kappa shape index (κ3) is 19.7. The fourth-order valence-electron chi connectivity index (χ4n) is 5.57. The lowest BCUT2D eigenvalue weighted by atomic mass is 10.1. The van der Waals surface area contributed by atoms with Gasteiger partial charge in [0.1, 0.15) is 0 Å². The normalized spacial score (nSPS) is 13.3. The zero-order valence-electron chi connectivity index (χ0n) is 27.8. The Bertz CT molecular complexity index is 741. The Labute approximate surface area is 269 Å². The van der Waals surface area contributed by atoms with E-state index in [9.17, 15) is 49.8 Å². The van der Waals surface area contributed by atoms with Crippen LogP contribution in [0.5, 0.6) is 0 Å². The maximum Gasteiger partial charge on any atom is 0.332 e. The number of carboxylic acid groups (broad SMARTS) is 4. The van der Waals surface area contributed by atoms with E-state index in [1.807, 2.05) is 6.92 Å². The zero-order chi connectivity index (χ0) is 34.2. The predicted octanol–water partition coefficient (Wildman–Crippen LogP) is 3.21. The van der Waals surface area contributed by atoms with Crippen molar-refractivity contribution in [1.29, 1.82) is 0 Å². The molecule has 45 heavy (non-hydrogen) atoms. The number of aliphatic hydroxyl groups is 2. The van der Waals surface area contributed by atoms with Crippen molar-refractivity contribution in [2.75, 3.05) is 45.8 Å². The number of hydrogen-bond acceptors (Lipinski definition) is 9. The topological polar surface area (TPSA) is 199 Å². The predicted molar refractivity (Wildman–Crippen MR) is 171 cm³/mol. The highest BCUT2D eigenvalue weighted by molar-refractivity contribution is 5.97. The number of rotatable bonds is 31. The largest absolute Gasteiger partial charge is 0.480 e. The molecule has 0 aliphatic heterocycles. The van der Waals surface area contributed by atoms with Gasteiger partial charge in [0.25, 0.3) is 0 Å². The fraction of sp³-hybridized carbons (Fsp3) is 0.875. The first-order chi connectivity index (χ1) is 21.4.